The second-order valence-electron chi connectivity index (χ2n) is 4.01. The summed E-state index contributed by atoms with van der Waals surface area (Å²) in [5, 5.41) is 19.9. The summed E-state index contributed by atoms with van der Waals surface area (Å²) in [6.45, 7) is 1.82. The molecule has 0 aliphatic rings. The van der Waals surface area contributed by atoms with Crippen LogP contribution in [0.2, 0.25) is 0 Å². The van der Waals surface area contributed by atoms with Crippen molar-refractivity contribution >= 4 is 5.69 Å². The fourth-order valence-electron chi connectivity index (χ4n) is 1.60. The van der Waals surface area contributed by atoms with Crippen molar-refractivity contribution in [3.63, 3.8) is 0 Å². The SMILES string of the molecule is Cc1cn(-c2ccc(NC=C(C#N)C#N)cc2F)cn1. The maximum absolute atomic E-state index is 14.0. The van der Waals surface area contributed by atoms with Crippen LogP contribution in [-0.2, 0) is 0 Å². The Morgan fingerprint density at radius 1 is 1.40 bits per heavy atom. The molecule has 1 heterocycles. The molecule has 98 valence electrons. The van der Waals surface area contributed by atoms with Crippen LogP contribution in [0.3, 0.4) is 0 Å². The fraction of sp³-hybridized carbons (Fsp3) is 0.0714. The summed E-state index contributed by atoms with van der Waals surface area (Å²) in [6, 6.07) is 7.94. The van der Waals surface area contributed by atoms with Gasteiger partial charge in [0.2, 0.25) is 0 Å². The second kappa shape index (κ2) is 5.68. The van der Waals surface area contributed by atoms with Gasteiger partial charge in [0.15, 0.2) is 0 Å². The maximum atomic E-state index is 14.0. The molecule has 0 aliphatic heterocycles. The number of allylic oxidation sites excluding steroid dienone is 1. The van der Waals surface area contributed by atoms with E-state index in [4.69, 9.17) is 10.5 Å². The van der Waals surface area contributed by atoms with Crippen molar-refractivity contribution in [2.45, 2.75) is 6.92 Å². The van der Waals surface area contributed by atoms with Gasteiger partial charge in [-0.2, -0.15) is 10.5 Å². The molecule has 20 heavy (non-hydrogen) atoms. The van der Waals surface area contributed by atoms with E-state index >= 15 is 0 Å². The van der Waals surface area contributed by atoms with Crippen LogP contribution in [0.15, 0.2) is 42.5 Å². The first-order chi connectivity index (χ1) is 9.63. The monoisotopic (exact) mass is 267 g/mol. The number of nitrogens with zero attached hydrogens (tertiary/aromatic N) is 4. The first-order valence-electron chi connectivity index (χ1n) is 5.71. The van der Waals surface area contributed by atoms with Crippen molar-refractivity contribution in [3.05, 3.63) is 54.0 Å². The Balaban J connectivity index is 2.25. The highest BCUT2D eigenvalue weighted by Crippen LogP contribution is 2.18. The van der Waals surface area contributed by atoms with Gasteiger partial charge in [-0.15, -0.1) is 0 Å². The molecule has 5 nitrogen and oxygen atoms in total. The molecule has 0 saturated carbocycles. The predicted molar refractivity (Wildman–Crippen MR) is 71.2 cm³/mol. The summed E-state index contributed by atoms with van der Waals surface area (Å²) in [6.07, 6.45) is 4.48. The van der Waals surface area contributed by atoms with Crippen molar-refractivity contribution in [2.75, 3.05) is 5.32 Å². The van der Waals surface area contributed by atoms with Crippen LogP contribution >= 0.6 is 0 Å². The fourth-order valence-corrected chi connectivity index (χ4v) is 1.60. The lowest BCUT2D eigenvalue weighted by atomic mass is 10.2. The zero-order chi connectivity index (χ0) is 14.5. The number of hydrogen-bond donors (Lipinski definition) is 1. The minimum Gasteiger partial charge on any atom is -0.360 e. The first-order valence-corrected chi connectivity index (χ1v) is 5.71. The number of nitrogens with one attached hydrogen (secondary N) is 1. The Kier molecular flexibility index (Phi) is 3.78. The summed E-state index contributed by atoms with van der Waals surface area (Å²) >= 11 is 0. The summed E-state index contributed by atoms with van der Waals surface area (Å²) in [4.78, 5) is 4.04. The molecule has 6 heteroatoms. The summed E-state index contributed by atoms with van der Waals surface area (Å²) < 4.78 is 15.6. The smallest absolute Gasteiger partial charge is 0.149 e. The Morgan fingerprint density at radius 3 is 2.70 bits per heavy atom. The van der Waals surface area contributed by atoms with E-state index in [2.05, 4.69) is 10.3 Å². The van der Waals surface area contributed by atoms with E-state index in [0.29, 0.717) is 11.4 Å². The van der Waals surface area contributed by atoms with Gasteiger partial charge in [0.05, 0.1) is 17.7 Å². The molecule has 0 aliphatic carbocycles. The number of imidazole rings is 1. The van der Waals surface area contributed by atoms with Gasteiger partial charge in [0.1, 0.15) is 23.5 Å². The van der Waals surface area contributed by atoms with Gasteiger partial charge in [-0.25, -0.2) is 9.37 Å². The lowest BCUT2D eigenvalue weighted by Crippen LogP contribution is -1.97. The van der Waals surface area contributed by atoms with Gasteiger partial charge in [-0.05, 0) is 25.1 Å². The van der Waals surface area contributed by atoms with Crippen LogP contribution in [0, 0.1) is 35.4 Å². The molecule has 0 saturated heterocycles. The molecule has 1 N–H and O–H groups in total. The summed E-state index contributed by atoms with van der Waals surface area (Å²) in [5.74, 6) is -0.434. The first kappa shape index (κ1) is 13.3. The number of rotatable bonds is 3. The third-order valence-corrected chi connectivity index (χ3v) is 2.56. The minimum absolute atomic E-state index is 0.0836. The molecule has 0 fully saturated rings. The predicted octanol–water partition coefficient (Wildman–Crippen LogP) is 2.66. The van der Waals surface area contributed by atoms with E-state index in [1.165, 1.54) is 18.6 Å². The molecule has 0 spiro atoms. The lowest BCUT2D eigenvalue weighted by molar-refractivity contribution is 0.618. The van der Waals surface area contributed by atoms with Crippen LogP contribution in [0.1, 0.15) is 5.69 Å². The molecule has 0 atom stereocenters. The molecule has 1 aromatic carbocycles. The van der Waals surface area contributed by atoms with Gasteiger partial charge in [0, 0.05) is 18.1 Å². The van der Waals surface area contributed by atoms with E-state index < -0.39 is 5.82 Å². The average Bonchev–Trinajstić information content (AvgIpc) is 2.86. The van der Waals surface area contributed by atoms with Crippen LogP contribution < -0.4 is 5.32 Å². The largest absolute Gasteiger partial charge is 0.360 e. The molecular weight excluding hydrogens is 257 g/mol. The van der Waals surface area contributed by atoms with Crippen molar-refractivity contribution < 1.29 is 4.39 Å². The molecule has 2 aromatic rings. The number of nitriles is 2. The molecule has 0 bridgehead atoms. The van der Waals surface area contributed by atoms with Gasteiger partial charge in [-0.1, -0.05) is 0 Å². The molecule has 0 unspecified atom stereocenters. The number of benzene rings is 1. The number of halogens is 1. The summed E-state index contributed by atoms with van der Waals surface area (Å²) in [7, 11) is 0. The van der Waals surface area contributed by atoms with E-state index in [0.717, 1.165) is 5.69 Å². The highest BCUT2D eigenvalue weighted by molar-refractivity contribution is 5.53. The van der Waals surface area contributed by atoms with E-state index in [9.17, 15) is 4.39 Å². The van der Waals surface area contributed by atoms with Gasteiger partial charge in [0.25, 0.3) is 0 Å². The number of aryl methyl sites for hydroxylation is 1. The third kappa shape index (κ3) is 2.82. The maximum Gasteiger partial charge on any atom is 0.149 e. The summed E-state index contributed by atoms with van der Waals surface area (Å²) in [5.41, 5.74) is 1.54. The zero-order valence-corrected chi connectivity index (χ0v) is 10.6. The van der Waals surface area contributed by atoms with Gasteiger partial charge in [-0.3, -0.25) is 0 Å². The Morgan fingerprint density at radius 2 is 2.15 bits per heavy atom. The van der Waals surface area contributed by atoms with Crippen molar-refractivity contribution in [3.8, 4) is 17.8 Å². The standard InChI is InChI=1S/C14H10FN5/c1-10-8-20(9-19-10)14-3-2-12(4-13(14)15)18-7-11(5-16)6-17/h2-4,7-9,18H,1H3. The minimum atomic E-state index is -0.434. The Hall–Kier alpha value is -3.12. The van der Waals surface area contributed by atoms with Crippen molar-refractivity contribution in [1.29, 1.82) is 10.5 Å². The topological polar surface area (TPSA) is 77.4 Å². The van der Waals surface area contributed by atoms with E-state index in [1.807, 2.05) is 6.92 Å². The van der Waals surface area contributed by atoms with Crippen molar-refractivity contribution in [1.82, 2.24) is 9.55 Å². The van der Waals surface area contributed by atoms with Crippen molar-refractivity contribution in [2.24, 2.45) is 0 Å². The Labute approximate surface area is 115 Å². The Bertz CT molecular complexity index is 730. The van der Waals surface area contributed by atoms with Crippen LogP contribution in [0.25, 0.3) is 5.69 Å². The molecule has 0 amide bonds. The lowest BCUT2D eigenvalue weighted by Gasteiger charge is -2.06. The molecular formula is C14H10FN5. The average molecular weight is 267 g/mol. The van der Waals surface area contributed by atoms with Crippen LogP contribution in [0.5, 0.6) is 0 Å². The highest BCUT2D eigenvalue weighted by Gasteiger charge is 2.06. The van der Waals surface area contributed by atoms with E-state index in [1.54, 1.807) is 35.0 Å². The molecule has 0 radical (unpaired) electrons. The van der Waals surface area contributed by atoms with Crippen LogP contribution in [0.4, 0.5) is 10.1 Å². The van der Waals surface area contributed by atoms with Crippen LogP contribution in [-0.4, -0.2) is 9.55 Å². The second-order valence-corrected chi connectivity index (χ2v) is 4.01. The number of anilines is 1. The molecule has 1 aromatic heterocycles. The normalized spacial score (nSPS) is 9.40. The number of hydrogen-bond acceptors (Lipinski definition) is 4. The molecule has 2 rings (SSSR count). The quantitative estimate of drug-likeness (QED) is 0.867. The highest BCUT2D eigenvalue weighted by atomic mass is 19.1. The van der Waals surface area contributed by atoms with Gasteiger partial charge >= 0.3 is 0 Å². The van der Waals surface area contributed by atoms with Gasteiger partial charge < -0.3 is 9.88 Å². The number of aromatic nitrogens is 2. The van der Waals surface area contributed by atoms with E-state index in [-0.39, 0.29) is 5.57 Å². The third-order valence-electron chi connectivity index (χ3n) is 2.56. The zero-order valence-electron chi connectivity index (χ0n) is 10.6.